The number of aryl methyl sites for hydroxylation is 1. The van der Waals surface area contributed by atoms with Crippen LogP contribution in [0.4, 0.5) is 0 Å². The average molecular weight is 391 g/mol. The Morgan fingerprint density at radius 3 is 3.04 bits per heavy atom. The fourth-order valence-electron chi connectivity index (χ4n) is 3.83. The summed E-state index contributed by atoms with van der Waals surface area (Å²) in [7, 11) is 1.70. The van der Waals surface area contributed by atoms with Crippen molar-refractivity contribution in [3.8, 4) is 0 Å². The molecule has 4 rings (SSSR count). The van der Waals surface area contributed by atoms with E-state index in [2.05, 4.69) is 44.8 Å². The van der Waals surface area contributed by atoms with Crippen molar-refractivity contribution in [3.05, 3.63) is 40.2 Å². The fraction of sp³-hybridized carbons (Fsp3) is 0.526. The van der Waals surface area contributed by atoms with Gasteiger partial charge in [-0.15, -0.1) is 0 Å². The third-order valence-corrected chi connectivity index (χ3v) is 6.04. The number of halogens is 1. The molecule has 4 nitrogen and oxygen atoms in total. The lowest BCUT2D eigenvalue weighted by Gasteiger charge is -2.23. The largest absolute Gasteiger partial charge is 0.505 e. The summed E-state index contributed by atoms with van der Waals surface area (Å²) < 4.78 is 14.2. The molecule has 0 amide bonds. The minimum absolute atomic E-state index is 0.0757. The van der Waals surface area contributed by atoms with Crippen molar-refractivity contribution in [2.45, 2.75) is 44.8 Å². The zero-order valence-corrected chi connectivity index (χ0v) is 15.8. The molecule has 5 heteroatoms. The fourth-order valence-corrected chi connectivity index (χ4v) is 4.74. The van der Waals surface area contributed by atoms with E-state index in [1.54, 1.807) is 13.4 Å². The standard InChI is InChI=1S/C19H23BrN2O2/c1-12-9-16-15(11-21-22(16)17-5-3-4-7-24-17)19(20)18(12)14-10-13(14)6-8-23-2/h6,8-9,11,13-14,17H,3-5,7,10H2,1-2H3/b8-6-/t13-,14+,17?/m0/s1. The second kappa shape index (κ2) is 6.52. The molecule has 0 N–H and O–H groups in total. The molecule has 1 aromatic heterocycles. The highest BCUT2D eigenvalue weighted by atomic mass is 79.9. The lowest BCUT2D eigenvalue weighted by atomic mass is 10.0. The maximum atomic E-state index is 5.92. The lowest BCUT2D eigenvalue weighted by molar-refractivity contribution is -0.0366. The molecule has 2 fully saturated rings. The van der Waals surface area contributed by atoms with Crippen molar-refractivity contribution in [1.82, 2.24) is 9.78 Å². The van der Waals surface area contributed by atoms with E-state index < -0.39 is 0 Å². The van der Waals surface area contributed by atoms with Gasteiger partial charge in [-0.25, -0.2) is 4.68 Å². The summed E-state index contributed by atoms with van der Waals surface area (Å²) >= 11 is 3.86. The van der Waals surface area contributed by atoms with Crippen LogP contribution < -0.4 is 0 Å². The molecule has 3 atom stereocenters. The highest BCUT2D eigenvalue weighted by Gasteiger charge is 2.39. The van der Waals surface area contributed by atoms with Gasteiger partial charge in [-0.05, 0) is 83.6 Å². The van der Waals surface area contributed by atoms with Crippen LogP contribution in [-0.4, -0.2) is 23.5 Å². The molecule has 0 bridgehead atoms. The van der Waals surface area contributed by atoms with Crippen molar-refractivity contribution in [2.24, 2.45) is 5.92 Å². The first kappa shape index (κ1) is 16.2. The van der Waals surface area contributed by atoms with Crippen molar-refractivity contribution < 1.29 is 9.47 Å². The molecule has 1 aromatic carbocycles. The van der Waals surface area contributed by atoms with Crippen LogP contribution in [0.3, 0.4) is 0 Å². The van der Waals surface area contributed by atoms with E-state index >= 15 is 0 Å². The molecule has 1 aliphatic carbocycles. The summed E-state index contributed by atoms with van der Waals surface area (Å²) in [6.07, 6.45) is 10.6. The van der Waals surface area contributed by atoms with Gasteiger partial charge in [0.15, 0.2) is 6.23 Å². The van der Waals surface area contributed by atoms with Gasteiger partial charge in [-0.2, -0.15) is 5.10 Å². The first-order chi connectivity index (χ1) is 11.7. The highest BCUT2D eigenvalue weighted by Crippen LogP contribution is 2.53. The van der Waals surface area contributed by atoms with Crippen LogP contribution in [0.25, 0.3) is 10.9 Å². The Kier molecular flexibility index (Phi) is 4.39. The third kappa shape index (κ3) is 2.78. The average Bonchev–Trinajstić information content (AvgIpc) is 3.22. The zero-order valence-electron chi connectivity index (χ0n) is 14.2. The van der Waals surface area contributed by atoms with Crippen molar-refractivity contribution >= 4 is 26.8 Å². The van der Waals surface area contributed by atoms with Crippen LogP contribution in [0.15, 0.2) is 29.1 Å². The monoisotopic (exact) mass is 390 g/mol. The van der Waals surface area contributed by atoms with Gasteiger partial charge in [0, 0.05) is 16.5 Å². The summed E-state index contributed by atoms with van der Waals surface area (Å²) in [5.74, 6) is 1.15. The summed E-state index contributed by atoms with van der Waals surface area (Å²) in [6.45, 7) is 3.04. The van der Waals surface area contributed by atoms with E-state index in [1.165, 1.54) is 39.3 Å². The molecular weight excluding hydrogens is 368 g/mol. The van der Waals surface area contributed by atoms with Crippen molar-refractivity contribution in [2.75, 3.05) is 13.7 Å². The molecule has 2 aromatic rings. The van der Waals surface area contributed by atoms with E-state index in [-0.39, 0.29) is 6.23 Å². The van der Waals surface area contributed by atoms with Crippen LogP contribution in [0, 0.1) is 12.8 Å². The SMILES string of the molecule is CO/C=C\[C@H]1C[C@H]1c1c(C)cc2c(cnn2C2CCCCO2)c1Br. The summed E-state index contributed by atoms with van der Waals surface area (Å²) in [5, 5.41) is 5.82. The summed E-state index contributed by atoms with van der Waals surface area (Å²) in [6, 6.07) is 2.27. The van der Waals surface area contributed by atoms with Crippen LogP contribution in [0.1, 0.15) is 49.0 Å². The quantitative estimate of drug-likeness (QED) is 0.683. The lowest BCUT2D eigenvalue weighted by Crippen LogP contribution is -2.19. The Morgan fingerprint density at radius 2 is 2.29 bits per heavy atom. The number of hydrogen-bond donors (Lipinski definition) is 0. The molecule has 1 unspecified atom stereocenters. The van der Waals surface area contributed by atoms with Gasteiger partial charge in [0.1, 0.15) is 0 Å². The Labute approximate surface area is 150 Å². The van der Waals surface area contributed by atoms with E-state index in [9.17, 15) is 0 Å². The predicted octanol–water partition coefficient (Wildman–Crippen LogP) is 5.07. The number of methoxy groups -OCH3 is 1. The molecule has 24 heavy (non-hydrogen) atoms. The van der Waals surface area contributed by atoms with Crippen molar-refractivity contribution in [1.29, 1.82) is 0 Å². The molecule has 128 valence electrons. The third-order valence-electron chi connectivity index (χ3n) is 5.19. The Bertz CT molecular complexity index is 777. The summed E-state index contributed by atoms with van der Waals surface area (Å²) in [4.78, 5) is 0. The molecule has 1 saturated heterocycles. The molecule has 2 heterocycles. The van der Waals surface area contributed by atoms with E-state index in [1.807, 2.05) is 6.20 Å². The van der Waals surface area contributed by atoms with Gasteiger partial charge in [-0.3, -0.25) is 0 Å². The van der Waals surface area contributed by atoms with Crippen molar-refractivity contribution in [3.63, 3.8) is 0 Å². The molecule has 0 radical (unpaired) electrons. The number of benzene rings is 1. The molecule has 2 aliphatic rings. The van der Waals surface area contributed by atoms with E-state index in [0.717, 1.165) is 19.4 Å². The maximum absolute atomic E-state index is 5.92. The molecule has 0 spiro atoms. The maximum Gasteiger partial charge on any atom is 0.150 e. The number of fused-ring (bicyclic) bond motifs is 1. The van der Waals surface area contributed by atoms with Crippen LogP contribution >= 0.6 is 15.9 Å². The van der Waals surface area contributed by atoms with E-state index in [4.69, 9.17) is 9.47 Å². The van der Waals surface area contributed by atoms with Gasteiger partial charge in [0.25, 0.3) is 0 Å². The van der Waals surface area contributed by atoms with Gasteiger partial charge in [-0.1, -0.05) is 0 Å². The first-order valence-electron chi connectivity index (χ1n) is 8.68. The summed E-state index contributed by atoms with van der Waals surface area (Å²) in [5.41, 5.74) is 3.90. The number of aromatic nitrogens is 2. The highest BCUT2D eigenvalue weighted by molar-refractivity contribution is 9.10. The molecule has 1 aliphatic heterocycles. The van der Waals surface area contributed by atoms with Crippen LogP contribution in [0.2, 0.25) is 0 Å². The zero-order chi connectivity index (χ0) is 16.7. The molecule has 1 saturated carbocycles. The first-order valence-corrected chi connectivity index (χ1v) is 9.47. The number of hydrogen-bond acceptors (Lipinski definition) is 3. The Morgan fingerprint density at radius 1 is 1.42 bits per heavy atom. The van der Waals surface area contributed by atoms with Gasteiger partial charge in [0.05, 0.1) is 25.1 Å². The normalized spacial score (nSPS) is 27.0. The Hall–Kier alpha value is -1.33. The number of nitrogens with zero attached hydrogens (tertiary/aromatic N) is 2. The second-order valence-corrected chi connectivity index (χ2v) is 7.63. The van der Waals surface area contributed by atoms with Crippen LogP contribution in [0.5, 0.6) is 0 Å². The predicted molar refractivity (Wildman–Crippen MR) is 98.0 cm³/mol. The Balaban J connectivity index is 1.70. The van der Waals surface area contributed by atoms with E-state index in [0.29, 0.717) is 11.8 Å². The van der Waals surface area contributed by atoms with Crippen LogP contribution in [-0.2, 0) is 9.47 Å². The second-order valence-electron chi connectivity index (χ2n) is 6.83. The topological polar surface area (TPSA) is 36.3 Å². The number of rotatable bonds is 4. The minimum atomic E-state index is 0.0757. The number of allylic oxidation sites excluding steroid dienone is 1. The smallest absolute Gasteiger partial charge is 0.150 e. The number of ether oxygens (including phenoxy) is 2. The minimum Gasteiger partial charge on any atom is -0.505 e. The van der Waals surface area contributed by atoms with Gasteiger partial charge < -0.3 is 9.47 Å². The van der Waals surface area contributed by atoms with Gasteiger partial charge in [0.2, 0.25) is 0 Å². The van der Waals surface area contributed by atoms with Gasteiger partial charge >= 0.3 is 0 Å². The molecular formula is C19H23BrN2O2.